The number of halogens is 4. The van der Waals surface area contributed by atoms with Gasteiger partial charge in [-0.25, -0.2) is 4.98 Å². The van der Waals surface area contributed by atoms with Gasteiger partial charge < -0.3 is 5.73 Å². The van der Waals surface area contributed by atoms with Crippen LogP contribution in [0, 0.1) is 0 Å². The molecule has 0 amide bonds. The molecule has 0 spiro atoms. The molecule has 0 aliphatic rings. The minimum atomic E-state index is -4.49. The van der Waals surface area contributed by atoms with Crippen LogP contribution in [-0.2, 0) is 6.18 Å². The molecular weight excluding hydrogens is 305 g/mol. The molecule has 3 rings (SSSR count). The Bertz CT molecular complexity index is 826. The van der Waals surface area contributed by atoms with Crippen LogP contribution >= 0.6 is 11.6 Å². The van der Waals surface area contributed by atoms with E-state index in [1.807, 2.05) is 0 Å². The number of alkyl halides is 3. The molecule has 0 fully saturated rings. The largest absolute Gasteiger partial charge is 0.416 e. The predicted octanol–water partition coefficient (Wildman–Crippen LogP) is 3.67. The molecule has 3 aromatic rings. The number of rotatable bonds is 1. The maximum Gasteiger partial charge on any atom is 0.416 e. The zero-order valence-electron chi connectivity index (χ0n) is 10.4. The van der Waals surface area contributed by atoms with Crippen molar-refractivity contribution in [3.63, 3.8) is 0 Å². The van der Waals surface area contributed by atoms with E-state index in [9.17, 15) is 13.2 Å². The Morgan fingerprint density at radius 1 is 1.19 bits per heavy atom. The van der Waals surface area contributed by atoms with Gasteiger partial charge in [-0.3, -0.25) is 9.55 Å². The zero-order chi connectivity index (χ0) is 15.2. The number of hydrogen-bond acceptors (Lipinski definition) is 3. The first-order valence-electron chi connectivity index (χ1n) is 5.82. The second-order valence-electron chi connectivity index (χ2n) is 4.37. The van der Waals surface area contributed by atoms with Gasteiger partial charge in [-0.05, 0) is 24.3 Å². The summed E-state index contributed by atoms with van der Waals surface area (Å²) in [4.78, 5) is 7.96. The van der Waals surface area contributed by atoms with Crippen molar-refractivity contribution in [2.75, 3.05) is 5.73 Å². The second kappa shape index (κ2) is 4.63. The van der Waals surface area contributed by atoms with E-state index in [1.54, 1.807) is 6.07 Å². The number of fused-ring (bicyclic) bond motifs is 1. The van der Waals surface area contributed by atoms with Crippen LogP contribution in [0.15, 0.2) is 36.7 Å². The lowest BCUT2D eigenvalue weighted by Crippen LogP contribution is -2.07. The third-order valence-electron chi connectivity index (χ3n) is 2.95. The van der Waals surface area contributed by atoms with Crippen LogP contribution in [0.2, 0.25) is 5.02 Å². The summed E-state index contributed by atoms with van der Waals surface area (Å²) in [5.41, 5.74) is 6.19. The molecule has 0 aliphatic carbocycles. The predicted molar refractivity (Wildman–Crippen MR) is 73.3 cm³/mol. The van der Waals surface area contributed by atoms with Gasteiger partial charge in [0.1, 0.15) is 5.52 Å². The average Bonchev–Trinajstić information content (AvgIpc) is 2.72. The average molecular weight is 313 g/mol. The molecule has 0 radical (unpaired) electrons. The van der Waals surface area contributed by atoms with Crippen LogP contribution in [0.5, 0.6) is 0 Å². The van der Waals surface area contributed by atoms with Crippen LogP contribution in [0.25, 0.3) is 16.7 Å². The van der Waals surface area contributed by atoms with Gasteiger partial charge in [0.15, 0.2) is 0 Å². The Hall–Kier alpha value is -2.28. The number of pyridine rings is 1. The SMILES string of the molecule is Nc1nc2cnccc2n1-c1cc(Cl)cc(C(F)(F)F)c1. The highest BCUT2D eigenvalue weighted by Gasteiger charge is 2.31. The number of nitrogens with two attached hydrogens (primary N) is 1. The highest BCUT2D eigenvalue weighted by atomic mass is 35.5. The molecular formula is C13H8ClF3N4. The highest BCUT2D eigenvalue weighted by molar-refractivity contribution is 6.30. The molecule has 2 N–H and O–H groups in total. The van der Waals surface area contributed by atoms with Crippen LogP contribution in [0.1, 0.15) is 5.56 Å². The molecule has 0 atom stereocenters. The molecule has 2 aromatic heterocycles. The number of nitrogens with zero attached hydrogens (tertiary/aromatic N) is 3. The molecule has 0 saturated heterocycles. The van der Waals surface area contributed by atoms with E-state index in [4.69, 9.17) is 17.3 Å². The Kier molecular flexibility index (Phi) is 3.02. The summed E-state index contributed by atoms with van der Waals surface area (Å²) in [7, 11) is 0. The first-order chi connectivity index (χ1) is 9.86. The molecule has 0 aliphatic heterocycles. The van der Waals surface area contributed by atoms with Crippen molar-refractivity contribution < 1.29 is 13.2 Å². The summed E-state index contributed by atoms with van der Waals surface area (Å²) in [6.07, 6.45) is -1.50. The van der Waals surface area contributed by atoms with Crippen molar-refractivity contribution in [2.45, 2.75) is 6.18 Å². The summed E-state index contributed by atoms with van der Waals surface area (Å²) < 4.78 is 40.0. The fourth-order valence-corrected chi connectivity index (χ4v) is 2.32. The van der Waals surface area contributed by atoms with Crippen molar-refractivity contribution in [1.82, 2.24) is 14.5 Å². The Morgan fingerprint density at radius 3 is 2.67 bits per heavy atom. The molecule has 2 heterocycles. The molecule has 4 nitrogen and oxygen atoms in total. The molecule has 1 aromatic carbocycles. The van der Waals surface area contributed by atoms with Crippen LogP contribution in [0.3, 0.4) is 0 Å². The maximum atomic E-state index is 12.9. The fraction of sp³-hybridized carbons (Fsp3) is 0.0769. The van der Waals surface area contributed by atoms with E-state index in [-0.39, 0.29) is 16.7 Å². The van der Waals surface area contributed by atoms with E-state index in [2.05, 4.69) is 9.97 Å². The van der Waals surface area contributed by atoms with Crippen molar-refractivity contribution in [1.29, 1.82) is 0 Å². The Balaban J connectivity index is 2.28. The number of hydrogen-bond donors (Lipinski definition) is 1. The van der Waals surface area contributed by atoms with Crippen molar-refractivity contribution in [3.05, 3.63) is 47.2 Å². The summed E-state index contributed by atoms with van der Waals surface area (Å²) in [5, 5.41) is -0.0323. The van der Waals surface area contributed by atoms with Crippen molar-refractivity contribution in [2.24, 2.45) is 0 Å². The summed E-state index contributed by atoms with van der Waals surface area (Å²) in [6, 6.07) is 4.85. The third kappa shape index (κ3) is 2.40. The molecule has 0 bridgehead atoms. The summed E-state index contributed by atoms with van der Waals surface area (Å²) >= 11 is 5.79. The third-order valence-corrected chi connectivity index (χ3v) is 3.17. The van der Waals surface area contributed by atoms with E-state index in [0.29, 0.717) is 11.0 Å². The number of aromatic nitrogens is 3. The van der Waals surface area contributed by atoms with Gasteiger partial charge in [0, 0.05) is 11.2 Å². The van der Waals surface area contributed by atoms with Crippen LogP contribution in [-0.4, -0.2) is 14.5 Å². The van der Waals surface area contributed by atoms with Crippen LogP contribution in [0.4, 0.5) is 19.1 Å². The lowest BCUT2D eigenvalue weighted by atomic mass is 10.2. The van der Waals surface area contributed by atoms with Gasteiger partial charge in [0.2, 0.25) is 5.95 Å². The normalized spacial score (nSPS) is 12.0. The molecule has 0 saturated carbocycles. The quantitative estimate of drug-likeness (QED) is 0.746. The second-order valence-corrected chi connectivity index (χ2v) is 4.80. The standard InChI is InChI=1S/C13H8ClF3N4/c14-8-3-7(13(15,16)17)4-9(5-8)21-11-1-2-19-6-10(11)20-12(21)18/h1-6H,(H2,18,20). The van der Waals surface area contributed by atoms with E-state index in [0.717, 1.165) is 12.1 Å². The summed E-state index contributed by atoms with van der Waals surface area (Å²) in [5.74, 6) is 0.0633. The first kappa shape index (κ1) is 13.7. The van der Waals surface area contributed by atoms with Gasteiger partial charge in [0.05, 0.1) is 23.0 Å². The minimum Gasteiger partial charge on any atom is -0.369 e. The van der Waals surface area contributed by atoms with E-state index < -0.39 is 11.7 Å². The zero-order valence-corrected chi connectivity index (χ0v) is 11.2. The number of benzene rings is 1. The monoisotopic (exact) mass is 312 g/mol. The van der Waals surface area contributed by atoms with Gasteiger partial charge >= 0.3 is 6.18 Å². The number of imidazole rings is 1. The lowest BCUT2D eigenvalue weighted by Gasteiger charge is -2.12. The number of anilines is 1. The topological polar surface area (TPSA) is 56.7 Å². The van der Waals surface area contributed by atoms with Crippen molar-refractivity contribution in [3.8, 4) is 5.69 Å². The molecule has 0 unspecified atom stereocenters. The Labute approximate surface area is 122 Å². The highest BCUT2D eigenvalue weighted by Crippen LogP contribution is 2.34. The fourth-order valence-electron chi connectivity index (χ4n) is 2.09. The number of nitrogen functional groups attached to an aromatic ring is 1. The van der Waals surface area contributed by atoms with E-state index >= 15 is 0 Å². The first-order valence-corrected chi connectivity index (χ1v) is 6.20. The minimum absolute atomic E-state index is 0.0323. The lowest BCUT2D eigenvalue weighted by molar-refractivity contribution is -0.137. The van der Waals surface area contributed by atoms with Gasteiger partial charge in [-0.2, -0.15) is 13.2 Å². The van der Waals surface area contributed by atoms with Gasteiger partial charge in [-0.15, -0.1) is 0 Å². The van der Waals surface area contributed by atoms with Crippen molar-refractivity contribution >= 4 is 28.6 Å². The maximum absolute atomic E-state index is 12.9. The smallest absolute Gasteiger partial charge is 0.369 e. The molecule has 108 valence electrons. The van der Waals surface area contributed by atoms with Crippen LogP contribution < -0.4 is 5.73 Å². The Morgan fingerprint density at radius 2 is 1.95 bits per heavy atom. The van der Waals surface area contributed by atoms with Gasteiger partial charge in [0.25, 0.3) is 0 Å². The summed E-state index contributed by atoms with van der Waals surface area (Å²) in [6.45, 7) is 0. The van der Waals surface area contributed by atoms with E-state index in [1.165, 1.54) is 23.0 Å². The molecule has 8 heteroatoms. The molecule has 21 heavy (non-hydrogen) atoms. The van der Waals surface area contributed by atoms with Gasteiger partial charge in [-0.1, -0.05) is 11.6 Å².